The number of rotatable bonds is 3. The fraction of sp³-hybridized carbons (Fsp3) is 0.733. The van der Waals surface area contributed by atoms with Gasteiger partial charge in [-0.3, -0.25) is 0 Å². The highest BCUT2D eigenvalue weighted by molar-refractivity contribution is 7.10. The maximum atomic E-state index is 3.56. The fourth-order valence-electron chi connectivity index (χ4n) is 3.18. The van der Waals surface area contributed by atoms with E-state index < -0.39 is 0 Å². The second kappa shape index (κ2) is 5.53. The van der Waals surface area contributed by atoms with Crippen molar-refractivity contribution in [3.8, 4) is 0 Å². The minimum absolute atomic E-state index is 0.574. The van der Waals surface area contributed by atoms with Crippen LogP contribution >= 0.6 is 11.3 Å². The van der Waals surface area contributed by atoms with Gasteiger partial charge >= 0.3 is 0 Å². The molecule has 1 aromatic heterocycles. The molecule has 2 rings (SSSR count). The molecule has 1 saturated carbocycles. The summed E-state index contributed by atoms with van der Waals surface area (Å²) in [7, 11) is 2.12. The van der Waals surface area contributed by atoms with Gasteiger partial charge in [0.15, 0.2) is 0 Å². The second-order valence-corrected chi connectivity index (χ2v) is 6.71. The Kier molecular flexibility index (Phi) is 4.26. The van der Waals surface area contributed by atoms with Gasteiger partial charge < -0.3 is 5.32 Å². The summed E-state index contributed by atoms with van der Waals surface area (Å²) in [6.45, 7) is 7.07. The molecule has 0 spiro atoms. The molecule has 0 aliphatic heterocycles. The van der Waals surface area contributed by atoms with E-state index in [1.807, 2.05) is 11.3 Å². The van der Waals surface area contributed by atoms with Crippen LogP contribution in [-0.2, 0) is 0 Å². The molecule has 1 N–H and O–H groups in total. The van der Waals surface area contributed by atoms with Crippen LogP contribution in [0.2, 0.25) is 0 Å². The predicted octanol–water partition coefficient (Wildman–Crippen LogP) is 4.39. The van der Waals surface area contributed by atoms with Gasteiger partial charge in [-0.15, -0.1) is 11.3 Å². The van der Waals surface area contributed by atoms with E-state index in [-0.39, 0.29) is 0 Å². The van der Waals surface area contributed by atoms with E-state index in [1.54, 1.807) is 4.88 Å². The van der Waals surface area contributed by atoms with Gasteiger partial charge in [0.05, 0.1) is 0 Å². The van der Waals surface area contributed by atoms with E-state index in [2.05, 4.69) is 44.6 Å². The molecule has 1 aliphatic carbocycles. The van der Waals surface area contributed by atoms with E-state index in [0.717, 1.165) is 17.8 Å². The molecule has 1 nitrogen and oxygen atoms in total. The smallest absolute Gasteiger partial charge is 0.0443 e. The Morgan fingerprint density at radius 1 is 1.29 bits per heavy atom. The molecule has 0 bridgehead atoms. The van der Waals surface area contributed by atoms with Crippen molar-refractivity contribution in [2.45, 2.75) is 46.1 Å². The molecule has 0 radical (unpaired) electrons. The lowest BCUT2D eigenvalue weighted by molar-refractivity contribution is 0.176. The van der Waals surface area contributed by atoms with E-state index in [4.69, 9.17) is 0 Å². The Morgan fingerprint density at radius 3 is 2.59 bits per heavy atom. The zero-order valence-electron chi connectivity index (χ0n) is 11.5. The normalized spacial score (nSPS) is 31.4. The molecule has 1 aromatic rings. The van der Waals surface area contributed by atoms with Crippen molar-refractivity contribution in [2.24, 2.45) is 17.8 Å². The summed E-state index contributed by atoms with van der Waals surface area (Å²) in [5.74, 6) is 2.61. The minimum Gasteiger partial charge on any atom is -0.312 e. The number of nitrogens with one attached hydrogen (secondary N) is 1. The van der Waals surface area contributed by atoms with Crippen molar-refractivity contribution in [1.82, 2.24) is 5.32 Å². The Balaban J connectivity index is 2.12. The second-order valence-electron chi connectivity index (χ2n) is 5.76. The third-order valence-corrected chi connectivity index (χ3v) is 5.71. The van der Waals surface area contributed by atoms with Gasteiger partial charge in [0.2, 0.25) is 0 Å². The van der Waals surface area contributed by atoms with Gasteiger partial charge in [0.1, 0.15) is 0 Å². The van der Waals surface area contributed by atoms with Gasteiger partial charge in [0, 0.05) is 10.9 Å². The molecule has 0 amide bonds. The van der Waals surface area contributed by atoms with Crippen molar-refractivity contribution in [3.05, 3.63) is 21.9 Å². The molecule has 1 heterocycles. The van der Waals surface area contributed by atoms with Crippen molar-refractivity contribution < 1.29 is 0 Å². The van der Waals surface area contributed by atoms with Gasteiger partial charge in [-0.2, -0.15) is 0 Å². The molecule has 17 heavy (non-hydrogen) atoms. The van der Waals surface area contributed by atoms with E-state index >= 15 is 0 Å². The van der Waals surface area contributed by atoms with Crippen LogP contribution in [0.25, 0.3) is 0 Å². The quantitative estimate of drug-likeness (QED) is 0.840. The maximum Gasteiger partial charge on any atom is 0.0443 e. The first kappa shape index (κ1) is 13.1. The first-order valence-electron chi connectivity index (χ1n) is 6.84. The predicted molar refractivity (Wildman–Crippen MR) is 76.5 cm³/mol. The van der Waals surface area contributed by atoms with E-state index in [0.29, 0.717) is 6.04 Å². The first-order valence-corrected chi connectivity index (χ1v) is 7.72. The van der Waals surface area contributed by atoms with Crippen LogP contribution in [0.5, 0.6) is 0 Å². The van der Waals surface area contributed by atoms with Gasteiger partial charge in [-0.1, -0.05) is 20.3 Å². The van der Waals surface area contributed by atoms with Gasteiger partial charge in [-0.25, -0.2) is 0 Å². The Bertz CT molecular complexity index is 358. The van der Waals surface area contributed by atoms with Crippen molar-refractivity contribution >= 4 is 11.3 Å². The summed E-state index contributed by atoms with van der Waals surface area (Å²) in [6, 6.07) is 2.82. The summed E-state index contributed by atoms with van der Waals surface area (Å²) in [5.41, 5.74) is 1.46. The summed E-state index contributed by atoms with van der Waals surface area (Å²) < 4.78 is 0. The third kappa shape index (κ3) is 2.74. The van der Waals surface area contributed by atoms with Crippen molar-refractivity contribution in [2.75, 3.05) is 7.05 Å². The third-order valence-electron chi connectivity index (χ3n) is 4.61. The Hall–Kier alpha value is -0.340. The summed E-state index contributed by atoms with van der Waals surface area (Å²) in [6.07, 6.45) is 4.16. The number of hydrogen-bond donors (Lipinski definition) is 1. The van der Waals surface area contributed by atoms with Crippen LogP contribution in [0.4, 0.5) is 0 Å². The number of aryl methyl sites for hydroxylation is 1. The Morgan fingerprint density at radius 2 is 2.06 bits per heavy atom. The monoisotopic (exact) mass is 251 g/mol. The molecule has 1 aliphatic rings. The fourth-order valence-corrected chi connectivity index (χ4v) is 4.31. The molecule has 2 heteroatoms. The molecule has 1 fully saturated rings. The number of thiophene rings is 1. The lowest BCUT2D eigenvalue weighted by atomic mass is 9.73. The standard InChI is InChI=1S/C15H25NS/c1-10-5-6-13(9-12(10)3)14(16-4)15-11(2)7-8-17-15/h7-8,10,12-14,16H,5-6,9H2,1-4H3. The van der Waals surface area contributed by atoms with E-state index in [9.17, 15) is 0 Å². The summed E-state index contributed by atoms with van der Waals surface area (Å²) in [5, 5.41) is 5.79. The SMILES string of the molecule is CNC(c1sccc1C)C1CCC(C)C(C)C1. The topological polar surface area (TPSA) is 12.0 Å². The van der Waals surface area contributed by atoms with Crippen LogP contribution in [0.3, 0.4) is 0 Å². The maximum absolute atomic E-state index is 3.56. The van der Waals surface area contributed by atoms with Crippen molar-refractivity contribution in [3.63, 3.8) is 0 Å². The van der Waals surface area contributed by atoms with Crippen LogP contribution in [0.15, 0.2) is 11.4 Å². The lowest BCUT2D eigenvalue weighted by Gasteiger charge is -2.36. The summed E-state index contributed by atoms with van der Waals surface area (Å²) in [4.78, 5) is 1.55. The van der Waals surface area contributed by atoms with Crippen LogP contribution in [-0.4, -0.2) is 7.05 Å². The average molecular weight is 251 g/mol. The highest BCUT2D eigenvalue weighted by Gasteiger charge is 2.31. The Labute approximate surface area is 110 Å². The van der Waals surface area contributed by atoms with E-state index in [1.165, 1.54) is 24.8 Å². The van der Waals surface area contributed by atoms with Crippen LogP contribution in [0, 0.1) is 24.7 Å². The largest absolute Gasteiger partial charge is 0.312 e. The zero-order valence-corrected chi connectivity index (χ0v) is 12.3. The molecule has 0 aromatic carbocycles. The molecule has 96 valence electrons. The van der Waals surface area contributed by atoms with Crippen LogP contribution in [0.1, 0.15) is 49.6 Å². The average Bonchev–Trinajstić information content (AvgIpc) is 2.71. The lowest BCUT2D eigenvalue weighted by Crippen LogP contribution is -2.31. The molecule has 4 unspecified atom stereocenters. The molecule has 0 saturated heterocycles. The highest BCUT2D eigenvalue weighted by Crippen LogP contribution is 2.41. The van der Waals surface area contributed by atoms with Crippen molar-refractivity contribution in [1.29, 1.82) is 0 Å². The molecular weight excluding hydrogens is 226 g/mol. The van der Waals surface area contributed by atoms with Gasteiger partial charge in [-0.05, 0) is 61.6 Å². The molecular formula is C15H25NS. The van der Waals surface area contributed by atoms with Crippen LogP contribution < -0.4 is 5.32 Å². The number of hydrogen-bond acceptors (Lipinski definition) is 2. The minimum atomic E-state index is 0.574. The zero-order chi connectivity index (χ0) is 12.4. The highest BCUT2D eigenvalue weighted by atomic mass is 32.1. The first-order chi connectivity index (χ1) is 8.13. The molecule has 4 atom stereocenters. The summed E-state index contributed by atoms with van der Waals surface area (Å²) >= 11 is 1.92. The van der Waals surface area contributed by atoms with Gasteiger partial charge in [0.25, 0.3) is 0 Å².